The normalized spacial score (nSPS) is 10.2. The summed E-state index contributed by atoms with van der Waals surface area (Å²) < 4.78 is 16.8. The highest BCUT2D eigenvalue weighted by atomic mass is 35.5. The Morgan fingerprint density at radius 3 is 2.25 bits per heavy atom. The number of hydrogen-bond donors (Lipinski definition) is 0. The molecule has 0 saturated heterocycles. The Kier molecular flexibility index (Phi) is 5.94. The molecule has 0 radical (unpaired) electrons. The molecule has 5 heteroatoms. The van der Waals surface area contributed by atoms with E-state index in [4.69, 9.17) is 31.1 Å². The quantitative estimate of drug-likeness (QED) is 0.718. The minimum absolute atomic E-state index is 0.314. The van der Waals surface area contributed by atoms with Crippen LogP contribution in [0.4, 0.5) is 0 Å². The van der Waals surface area contributed by atoms with E-state index in [2.05, 4.69) is 13.0 Å². The predicted octanol–water partition coefficient (Wildman–Crippen LogP) is 4.60. The molecule has 2 rings (SSSR count). The Labute approximate surface area is 147 Å². The predicted molar refractivity (Wildman–Crippen MR) is 94.4 cm³/mol. The highest BCUT2D eigenvalue weighted by Crippen LogP contribution is 2.36. The van der Waals surface area contributed by atoms with Crippen molar-refractivity contribution in [3.63, 3.8) is 0 Å². The zero-order valence-electron chi connectivity index (χ0n) is 14.3. The minimum Gasteiger partial charge on any atom is -0.493 e. The molecule has 24 heavy (non-hydrogen) atoms. The van der Waals surface area contributed by atoms with Gasteiger partial charge >= 0.3 is 0 Å². The van der Waals surface area contributed by atoms with Crippen molar-refractivity contribution in [2.24, 2.45) is 0 Å². The van der Waals surface area contributed by atoms with Crippen LogP contribution in [0.2, 0.25) is 5.02 Å². The number of halogens is 1. The number of benzene rings is 2. The van der Waals surface area contributed by atoms with Gasteiger partial charge in [0.25, 0.3) is 0 Å². The maximum absolute atomic E-state index is 8.96. The summed E-state index contributed by atoms with van der Waals surface area (Å²) in [6.07, 6.45) is 0. The number of ether oxygens (including phenoxy) is 3. The van der Waals surface area contributed by atoms with Gasteiger partial charge in [-0.2, -0.15) is 5.26 Å². The first-order chi connectivity index (χ1) is 11.5. The Morgan fingerprint density at radius 2 is 1.62 bits per heavy atom. The lowest BCUT2D eigenvalue weighted by molar-refractivity contribution is 0.210. The third-order valence-corrected chi connectivity index (χ3v) is 4.09. The van der Waals surface area contributed by atoms with E-state index in [1.807, 2.05) is 26.0 Å². The van der Waals surface area contributed by atoms with Crippen LogP contribution in [0.15, 0.2) is 24.3 Å². The minimum atomic E-state index is 0.314. The van der Waals surface area contributed by atoms with Crippen LogP contribution in [-0.2, 0) is 0 Å². The van der Waals surface area contributed by atoms with Crippen molar-refractivity contribution in [3.8, 4) is 23.3 Å². The van der Waals surface area contributed by atoms with Crippen molar-refractivity contribution < 1.29 is 14.2 Å². The first kappa shape index (κ1) is 18.0. The average Bonchev–Trinajstić information content (AvgIpc) is 2.58. The summed E-state index contributed by atoms with van der Waals surface area (Å²) in [6.45, 7) is 6.81. The Hall–Kier alpha value is -2.38. The summed E-state index contributed by atoms with van der Waals surface area (Å²) in [5, 5.41) is 9.30. The second-order valence-corrected chi connectivity index (χ2v) is 5.86. The fourth-order valence-electron chi connectivity index (χ4n) is 2.36. The molecule has 0 saturated carbocycles. The Balaban J connectivity index is 2.04. The molecule has 0 N–H and O–H groups in total. The molecular formula is C19H20ClNO3. The van der Waals surface area contributed by atoms with Gasteiger partial charge in [-0.05, 0) is 43.5 Å². The molecule has 0 fully saturated rings. The highest BCUT2D eigenvalue weighted by Gasteiger charge is 2.12. The maximum atomic E-state index is 8.96. The largest absolute Gasteiger partial charge is 0.493 e. The van der Waals surface area contributed by atoms with Gasteiger partial charge in [0.05, 0.1) is 23.8 Å². The van der Waals surface area contributed by atoms with E-state index in [-0.39, 0.29) is 0 Å². The van der Waals surface area contributed by atoms with Crippen LogP contribution in [0, 0.1) is 32.1 Å². The Morgan fingerprint density at radius 1 is 1.00 bits per heavy atom. The Bertz CT molecular complexity index is 781. The lowest BCUT2D eigenvalue weighted by Crippen LogP contribution is -2.11. The van der Waals surface area contributed by atoms with Gasteiger partial charge in [0.15, 0.2) is 11.5 Å². The van der Waals surface area contributed by atoms with Crippen molar-refractivity contribution in [3.05, 3.63) is 51.5 Å². The van der Waals surface area contributed by atoms with Crippen LogP contribution in [0.1, 0.15) is 22.3 Å². The van der Waals surface area contributed by atoms with Gasteiger partial charge in [-0.15, -0.1) is 0 Å². The SMILES string of the molecule is COc1cc(C#N)cc(Cl)c1OCCOc1c(C)ccc(C)c1C. The van der Waals surface area contributed by atoms with Crippen molar-refractivity contribution in [2.75, 3.05) is 20.3 Å². The second-order valence-electron chi connectivity index (χ2n) is 5.45. The molecule has 4 nitrogen and oxygen atoms in total. The number of nitriles is 1. The molecule has 2 aromatic rings. The molecule has 0 bridgehead atoms. The molecule has 2 aromatic carbocycles. The molecule has 126 valence electrons. The zero-order chi connectivity index (χ0) is 17.7. The van der Waals surface area contributed by atoms with Crippen LogP contribution >= 0.6 is 11.6 Å². The number of rotatable bonds is 6. The second kappa shape index (κ2) is 7.94. The standard InChI is InChI=1S/C19H20ClNO3/c1-12-5-6-13(2)18(14(12)3)23-7-8-24-19-16(20)9-15(11-21)10-17(19)22-4/h5-6,9-10H,7-8H2,1-4H3. The third kappa shape index (κ3) is 3.93. The zero-order valence-corrected chi connectivity index (χ0v) is 15.0. The number of nitrogens with zero attached hydrogens (tertiary/aromatic N) is 1. The fraction of sp³-hybridized carbons (Fsp3) is 0.316. The van der Waals surface area contributed by atoms with E-state index in [1.165, 1.54) is 12.7 Å². The lowest BCUT2D eigenvalue weighted by atomic mass is 10.1. The van der Waals surface area contributed by atoms with E-state index in [0.717, 1.165) is 16.9 Å². The first-order valence-electron chi connectivity index (χ1n) is 7.58. The molecule has 0 unspecified atom stereocenters. The molecule has 0 aliphatic carbocycles. The lowest BCUT2D eigenvalue weighted by Gasteiger charge is -2.16. The van der Waals surface area contributed by atoms with Gasteiger partial charge in [0, 0.05) is 6.07 Å². The molecule has 0 atom stereocenters. The monoisotopic (exact) mass is 345 g/mol. The molecule has 0 heterocycles. The van der Waals surface area contributed by atoms with E-state index < -0.39 is 0 Å². The van der Waals surface area contributed by atoms with Gasteiger partial charge in [0.2, 0.25) is 0 Å². The fourth-order valence-corrected chi connectivity index (χ4v) is 2.62. The third-order valence-electron chi connectivity index (χ3n) is 3.81. The van der Waals surface area contributed by atoms with Crippen molar-refractivity contribution in [1.82, 2.24) is 0 Å². The van der Waals surface area contributed by atoms with E-state index >= 15 is 0 Å². The summed E-state index contributed by atoms with van der Waals surface area (Å²) in [6, 6.07) is 9.30. The topological polar surface area (TPSA) is 51.5 Å². The first-order valence-corrected chi connectivity index (χ1v) is 7.95. The molecule has 0 spiro atoms. The summed E-state index contributed by atoms with van der Waals surface area (Å²) in [5.41, 5.74) is 3.83. The summed E-state index contributed by atoms with van der Waals surface area (Å²) >= 11 is 6.16. The van der Waals surface area contributed by atoms with E-state index in [1.54, 1.807) is 12.1 Å². The van der Waals surface area contributed by atoms with Gasteiger partial charge < -0.3 is 14.2 Å². The number of aryl methyl sites for hydroxylation is 2. The van der Waals surface area contributed by atoms with Crippen LogP contribution in [0.5, 0.6) is 17.2 Å². The number of hydrogen-bond acceptors (Lipinski definition) is 4. The smallest absolute Gasteiger partial charge is 0.179 e. The van der Waals surface area contributed by atoms with Crippen molar-refractivity contribution >= 4 is 11.6 Å². The number of methoxy groups -OCH3 is 1. The average molecular weight is 346 g/mol. The molecule has 0 aromatic heterocycles. The molecule has 0 aliphatic rings. The van der Waals surface area contributed by atoms with Gasteiger partial charge in [-0.25, -0.2) is 0 Å². The van der Waals surface area contributed by atoms with Crippen LogP contribution in [0.25, 0.3) is 0 Å². The van der Waals surface area contributed by atoms with Crippen LogP contribution in [-0.4, -0.2) is 20.3 Å². The van der Waals surface area contributed by atoms with Crippen LogP contribution in [0.3, 0.4) is 0 Å². The maximum Gasteiger partial charge on any atom is 0.179 e. The van der Waals surface area contributed by atoms with Gasteiger partial charge in [0.1, 0.15) is 19.0 Å². The summed E-state index contributed by atoms with van der Waals surface area (Å²) in [4.78, 5) is 0. The van der Waals surface area contributed by atoms with Crippen LogP contribution < -0.4 is 14.2 Å². The van der Waals surface area contributed by atoms with E-state index in [0.29, 0.717) is 35.3 Å². The molecule has 0 aliphatic heterocycles. The summed E-state index contributed by atoms with van der Waals surface area (Å²) in [5.74, 6) is 1.73. The van der Waals surface area contributed by atoms with Crippen molar-refractivity contribution in [1.29, 1.82) is 5.26 Å². The highest BCUT2D eigenvalue weighted by molar-refractivity contribution is 6.32. The molecular weight excluding hydrogens is 326 g/mol. The van der Waals surface area contributed by atoms with Crippen molar-refractivity contribution in [2.45, 2.75) is 20.8 Å². The molecule has 0 amide bonds. The van der Waals surface area contributed by atoms with Gasteiger partial charge in [-0.3, -0.25) is 0 Å². The summed E-state index contributed by atoms with van der Waals surface area (Å²) in [7, 11) is 1.51. The van der Waals surface area contributed by atoms with Gasteiger partial charge in [-0.1, -0.05) is 23.7 Å². The van der Waals surface area contributed by atoms with E-state index in [9.17, 15) is 0 Å².